The SMILES string of the molecule is CCCOCCN[C@@H](C)c1ccccc1C. The fraction of sp³-hybridized carbons (Fsp3) is 0.571. The molecule has 1 rings (SSSR count). The second kappa shape index (κ2) is 7.42. The molecule has 0 heterocycles. The Morgan fingerprint density at radius 2 is 2.00 bits per heavy atom. The first kappa shape index (κ1) is 13.2. The van der Waals surface area contributed by atoms with Crippen LogP contribution in [0.2, 0.25) is 0 Å². The number of hydrogen-bond acceptors (Lipinski definition) is 2. The molecule has 90 valence electrons. The van der Waals surface area contributed by atoms with Crippen molar-refractivity contribution in [3.8, 4) is 0 Å². The summed E-state index contributed by atoms with van der Waals surface area (Å²) >= 11 is 0. The molecular weight excluding hydrogens is 198 g/mol. The molecule has 0 fully saturated rings. The highest BCUT2D eigenvalue weighted by Gasteiger charge is 2.05. The Hall–Kier alpha value is -0.860. The van der Waals surface area contributed by atoms with Gasteiger partial charge in [0.2, 0.25) is 0 Å². The van der Waals surface area contributed by atoms with Crippen LogP contribution < -0.4 is 5.32 Å². The van der Waals surface area contributed by atoms with E-state index in [0.717, 1.165) is 26.2 Å². The minimum Gasteiger partial charge on any atom is -0.380 e. The predicted octanol–water partition coefficient (Wildman–Crippen LogP) is 3.07. The smallest absolute Gasteiger partial charge is 0.0591 e. The number of benzene rings is 1. The molecule has 1 atom stereocenters. The summed E-state index contributed by atoms with van der Waals surface area (Å²) in [7, 11) is 0. The molecule has 1 N–H and O–H groups in total. The molecule has 16 heavy (non-hydrogen) atoms. The summed E-state index contributed by atoms with van der Waals surface area (Å²) in [5.41, 5.74) is 2.72. The molecule has 0 saturated heterocycles. The van der Waals surface area contributed by atoms with Crippen LogP contribution in [0.5, 0.6) is 0 Å². The average molecular weight is 221 g/mol. The highest BCUT2D eigenvalue weighted by Crippen LogP contribution is 2.15. The summed E-state index contributed by atoms with van der Waals surface area (Å²) in [5.74, 6) is 0. The summed E-state index contributed by atoms with van der Waals surface area (Å²) < 4.78 is 5.44. The zero-order valence-electron chi connectivity index (χ0n) is 10.6. The Morgan fingerprint density at radius 3 is 2.69 bits per heavy atom. The van der Waals surface area contributed by atoms with Crippen LogP contribution in [0, 0.1) is 6.92 Å². The standard InChI is InChI=1S/C14H23NO/c1-4-10-16-11-9-15-13(3)14-8-6-5-7-12(14)2/h5-8,13,15H,4,9-11H2,1-3H3/t13-/m0/s1. The van der Waals surface area contributed by atoms with Crippen molar-refractivity contribution < 1.29 is 4.74 Å². The lowest BCUT2D eigenvalue weighted by Gasteiger charge is -2.16. The lowest BCUT2D eigenvalue weighted by molar-refractivity contribution is 0.135. The van der Waals surface area contributed by atoms with Crippen molar-refractivity contribution in [1.29, 1.82) is 0 Å². The first-order valence-corrected chi connectivity index (χ1v) is 6.12. The Kier molecular flexibility index (Phi) is 6.12. The second-order valence-electron chi connectivity index (χ2n) is 4.14. The average Bonchev–Trinajstić information content (AvgIpc) is 2.29. The Balaban J connectivity index is 2.30. The lowest BCUT2D eigenvalue weighted by atomic mass is 10.0. The Morgan fingerprint density at radius 1 is 1.25 bits per heavy atom. The van der Waals surface area contributed by atoms with Gasteiger partial charge >= 0.3 is 0 Å². The number of hydrogen-bond donors (Lipinski definition) is 1. The van der Waals surface area contributed by atoms with Crippen LogP contribution in [0.3, 0.4) is 0 Å². The van der Waals surface area contributed by atoms with Gasteiger partial charge in [0, 0.05) is 19.2 Å². The van der Waals surface area contributed by atoms with Gasteiger partial charge in [-0.25, -0.2) is 0 Å². The minimum absolute atomic E-state index is 0.395. The zero-order valence-corrected chi connectivity index (χ0v) is 10.6. The fourth-order valence-corrected chi connectivity index (χ4v) is 1.78. The van der Waals surface area contributed by atoms with Crippen molar-refractivity contribution in [2.24, 2.45) is 0 Å². The van der Waals surface area contributed by atoms with Crippen molar-refractivity contribution in [2.45, 2.75) is 33.2 Å². The van der Waals surface area contributed by atoms with Gasteiger partial charge in [-0.05, 0) is 31.4 Å². The van der Waals surface area contributed by atoms with Gasteiger partial charge in [0.15, 0.2) is 0 Å². The maximum Gasteiger partial charge on any atom is 0.0591 e. The molecule has 0 aliphatic heterocycles. The molecule has 0 aliphatic carbocycles. The molecular formula is C14H23NO. The topological polar surface area (TPSA) is 21.3 Å². The normalized spacial score (nSPS) is 12.7. The molecule has 2 heteroatoms. The van der Waals surface area contributed by atoms with E-state index in [1.165, 1.54) is 11.1 Å². The van der Waals surface area contributed by atoms with Crippen molar-refractivity contribution in [2.75, 3.05) is 19.8 Å². The third-order valence-electron chi connectivity index (χ3n) is 2.70. The van der Waals surface area contributed by atoms with Crippen LogP contribution in [-0.4, -0.2) is 19.8 Å². The maximum absolute atomic E-state index is 5.44. The molecule has 0 aliphatic rings. The van der Waals surface area contributed by atoms with E-state index in [1.807, 2.05) is 0 Å². The van der Waals surface area contributed by atoms with E-state index in [4.69, 9.17) is 4.74 Å². The van der Waals surface area contributed by atoms with Gasteiger partial charge in [0.05, 0.1) is 6.61 Å². The summed E-state index contributed by atoms with van der Waals surface area (Å²) in [6.45, 7) is 9.05. The molecule has 0 saturated carbocycles. The summed E-state index contributed by atoms with van der Waals surface area (Å²) in [6, 6.07) is 8.90. The molecule has 0 aromatic heterocycles. The molecule has 2 nitrogen and oxygen atoms in total. The third kappa shape index (κ3) is 4.33. The maximum atomic E-state index is 5.44. The predicted molar refractivity (Wildman–Crippen MR) is 68.7 cm³/mol. The molecule has 0 radical (unpaired) electrons. The van der Waals surface area contributed by atoms with Gasteiger partial charge in [-0.2, -0.15) is 0 Å². The van der Waals surface area contributed by atoms with E-state index in [1.54, 1.807) is 0 Å². The van der Waals surface area contributed by atoms with Gasteiger partial charge in [-0.15, -0.1) is 0 Å². The van der Waals surface area contributed by atoms with Crippen molar-refractivity contribution in [3.05, 3.63) is 35.4 Å². The number of ether oxygens (including phenoxy) is 1. The number of rotatable bonds is 7. The summed E-state index contributed by atoms with van der Waals surface area (Å²) in [4.78, 5) is 0. The van der Waals surface area contributed by atoms with E-state index >= 15 is 0 Å². The van der Waals surface area contributed by atoms with Crippen LogP contribution >= 0.6 is 0 Å². The number of nitrogens with one attached hydrogen (secondary N) is 1. The van der Waals surface area contributed by atoms with Crippen LogP contribution in [-0.2, 0) is 4.74 Å². The van der Waals surface area contributed by atoms with Crippen LogP contribution in [0.1, 0.15) is 37.4 Å². The third-order valence-corrected chi connectivity index (χ3v) is 2.70. The Bertz CT molecular complexity index is 299. The zero-order chi connectivity index (χ0) is 11.8. The highest BCUT2D eigenvalue weighted by molar-refractivity contribution is 5.28. The summed E-state index contributed by atoms with van der Waals surface area (Å²) in [5, 5.41) is 3.47. The Labute approximate surface area is 99.0 Å². The van der Waals surface area contributed by atoms with Gasteiger partial charge in [0.1, 0.15) is 0 Å². The van der Waals surface area contributed by atoms with E-state index in [9.17, 15) is 0 Å². The van der Waals surface area contributed by atoms with Crippen LogP contribution in [0.4, 0.5) is 0 Å². The van der Waals surface area contributed by atoms with Gasteiger partial charge in [-0.1, -0.05) is 31.2 Å². The first-order valence-electron chi connectivity index (χ1n) is 6.12. The van der Waals surface area contributed by atoms with Gasteiger partial charge < -0.3 is 10.1 Å². The largest absolute Gasteiger partial charge is 0.380 e. The van der Waals surface area contributed by atoms with E-state index in [-0.39, 0.29) is 0 Å². The molecule has 0 bridgehead atoms. The minimum atomic E-state index is 0.395. The van der Waals surface area contributed by atoms with E-state index in [2.05, 4.69) is 50.4 Å². The van der Waals surface area contributed by atoms with Gasteiger partial charge in [0.25, 0.3) is 0 Å². The lowest BCUT2D eigenvalue weighted by Crippen LogP contribution is -2.23. The molecule has 0 unspecified atom stereocenters. The fourth-order valence-electron chi connectivity index (χ4n) is 1.78. The van der Waals surface area contributed by atoms with E-state index < -0.39 is 0 Å². The van der Waals surface area contributed by atoms with Gasteiger partial charge in [-0.3, -0.25) is 0 Å². The molecule has 0 amide bonds. The molecule has 0 spiro atoms. The quantitative estimate of drug-likeness (QED) is 0.714. The van der Waals surface area contributed by atoms with Crippen molar-refractivity contribution in [3.63, 3.8) is 0 Å². The first-order chi connectivity index (χ1) is 7.75. The van der Waals surface area contributed by atoms with E-state index in [0.29, 0.717) is 6.04 Å². The second-order valence-corrected chi connectivity index (χ2v) is 4.14. The monoisotopic (exact) mass is 221 g/mol. The van der Waals surface area contributed by atoms with Crippen molar-refractivity contribution in [1.82, 2.24) is 5.32 Å². The summed E-state index contributed by atoms with van der Waals surface area (Å²) in [6.07, 6.45) is 1.09. The molecule has 1 aromatic carbocycles. The number of aryl methyl sites for hydroxylation is 1. The molecule has 1 aromatic rings. The van der Waals surface area contributed by atoms with Crippen LogP contribution in [0.25, 0.3) is 0 Å². The highest BCUT2D eigenvalue weighted by atomic mass is 16.5. The van der Waals surface area contributed by atoms with Crippen molar-refractivity contribution >= 4 is 0 Å². The van der Waals surface area contributed by atoms with Crippen LogP contribution in [0.15, 0.2) is 24.3 Å².